The summed E-state index contributed by atoms with van der Waals surface area (Å²) in [6.45, 7) is 10.7. The van der Waals surface area contributed by atoms with Crippen LogP contribution >= 0.6 is 0 Å². The lowest BCUT2D eigenvalue weighted by molar-refractivity contribution is -0.0691. The standard InChI is InChI=1S/C15H28O/c1-5-6-7-8-9-15-14(12(2)3)11-10-13(4)16-15/h13-15H,2,5-11H2,1,3-4H3. The van der Waals surface area contributed by atoms with Crippen molar-refractivity contribution in [2.45, 2.75) is 77.9 Å². The molecule has 0 aromatic heterocycles. The molecule has 0 saturated carbocycles. The van der Waals surface area contributed by atoms with Crippen molar-refractivity contribution in [1.29, 1.82) is 0 Å². The van der Waals surface area contributed by atoms with E-state index >= 15 is 0 Å². The van der Waals surface area contributed by atoms with Crippen molar-refractivity contribution in [2.24, 2.45) is 5.92 Å². The number of hydrogen-bond acceptors (Lipinski definition) is 1. The van der Waals surface area contributed by atoms with E-state index in [0.29, 0.717) is 18.1 Å². The summed E-state index contributed by atoms with van der Waals surface area (Å²) >= 11 is 0. The maximum atomic E-state index is 6.08. The molecule has 1 nitrogen and oxygen atoms in total. The first-order valence-electron chi connectivity index (χ1n) is 6.96. The van der Waals surface area contributed by atoms with Crippen molar-refractivity contribution in [1.82, 2.24) is 0 Å². The molecule has 16 heavy (non-hydrogen) atoms. The van der Waals surface area contributed by atoms with Crippen LogP contribution < -0.4 is 0 Å². The zero-order chi connectivity index (χ0) is 12.0. The molecule has 1 aliphatic heterocycles. The smallest absolute Gasteiger partial charge is 0.0643 e. The molecule has 1 heterocycles. The van der Waals surface area contributed by atoms with E-state index in [1.54, 1.807) is 0 Å². The minimum atomic E-state index is 0.443. The molecule has 1 fully saturated rings. The zero-order valence-corrected chi connectivity index (χ0v) is 11.3. The van der Waals surface area contributed by atoms with Crippen molar-refractivity contribution < 1.29 is 4.74 Å². The third kappa shape index (κ3) is 4.29. The molecule has 0 aromatic carbocycles. The van der Waals surface area contributed by atoms with Gasteiger partial charge in [-0.3, -0.25) is 0 Å². The summed E-state index contributed by atoms with van der Waals surface area (Å²) in [4.78, 5) is 0. The lowest BCUT2D eigenvalue weighted by Crippen LogP contribution is -2.34. The molecule has 0 spiro atoms. The maximum absolute atomic E-state index is 6.08. The molecular weight excluding hydrogens is 196 g/mol. The fourth-order valence-electron chi connectivity index (χ4n) is 2.67. The molecule has 0 radical (unpaired) electrons. The molecule has 0 amide bonds. The van der Waals surface area contributed by atoms with Gasteiger partial charge < -0.3 is 4.74 Å². The molecule has 1 aliphatic rings. The fourth-order valence-corrected chi connectivity index (χ4v) is 2.67. The Kier molecular flexibility index (Phi) is 6.12. The summed E-state index contributed by atoms with van der Waals surface area (Å²) in [5.41, 5.74) is 1.31. The van der Waals surface area contributed by atoms with Gasteiger partial charge in [-0.25, -0.2) is 0 Å². The van der Waals surface area contributed by atoms with Gasteiger partial charge in [0.25, 0.3) is 0 Å². The van der Waals surface area contributed by atoms with Gasteiger partial charge in [0.2, 0.25) is 0 Å². The Balaban J connectivity index is 2.35. The van der Waals surface area contributed by atoms with E-state index in [2.05, 4.69) is 27.4 Å². The Morgan fingerprint density at radius 1 is 1.25 bits per heavy atom. The van der Waals surface area contributed by atoms with Gasteiger partial charge in [-0.05, 0) is 33.1 Å². The normalized spacial score (nSPS) is 30.3. The lowest BCUT2D eigenvalue weighted by Gasteiger charge is -2.36. The number of unbranched alkanes of at least 4 members (excludes halogenated alkanes) is 3. The van der Waals surface area contributed by atoms with Crippen LogP contribution in [0.3, 0.4) is 0 Å². The van der Waals surface area contributed by atoms with E-state index in [0.717, 1.165) is 0 Å². The summed E-state index contributed by atoms with van der Waals surface area (Å²) in [5.74, 6) is 0.609. The SMILES string of the molecule is C=C(C)C1CCC(C)OC1CCCCCC. The van der Waals surface area contributed by atoms with Crippen LogP contribution in [-0.4, -0.2) is 12.2 Å². The van der Waals surface area contributed by atoms with Gasteiger partial charge in [0.1, 0.15) is 0 Å². The summed E-state index contributed by atoms with van der Waals surface area (Å²) < 4.78 is 6.08. The third-order valence-corrected chi connectivity index (χ3v) is 3.72. The van der Waals surface area contributed by atoms with Crippen LogP contribution in [0.5, 0.6) is 0 Å². The third-order valence-electron chi connectivity index (χ3n) is 3.72. The predicted molar refractivity (Wildman–Crippen MR) is 70.6 cm³/mol. The van der Waals surface area contributed by atoms with Gasteiger partial charge in [0, 0.05) is 5.92 Å². The molecule has 1 heteroatoms. The van der Waals surface area contributed by atoms with Gasteiger partial charge >= 0.3 is 0 Å². The number of ether oxygens (including phenoxy) is 1. The van der Waals surface area contributed by atoms with E-state index in [4.69, 9.17) is 4.74 Å². The highest BCUT2D eigenvalue weighted by atomic mass is 16.5. The molecule has 1 saturated heterocycles. The topological polar surface area (TPSA) is 9.23 Å². The molecular formula is C15H28O. The molecule has 94 valence electrons. The van der Waals surface area contributed by atoms with Crippen molar-refractivity contribution in [3.8, 4) is 0 Å². The van der Waals surface area contributed by atoms with Gasteiger partial charge in [0.05, 0.1) is 12.2 Å². The first-order valence-corrected chi connectivity index (χ1v) is 6.96. The van der Waals surface area contributed by atoms with E-state index in [9.17, 15) is 0 Å². The molecule has 0 N–H and O–H groups in total. The largest absolute Gasteiger partial charge is 0.375 e. The fraction of sp³-hybridized carbons (Fsp3) is 0.867. The number of hydrogen-bond donors (Lipinski definition) is 0. The highest BCUT2D eigenvalue weighted by molar-refractivity contribution is 5.01. The second-order valence-electron chi connectivity index (χ2n) is 5.36. The van der Waals surface area contributed by atoms with Gasteiger partial charge in [-0.15, -0.1) is 0 Å². The van der Waals surface area contributed by atoms with Crippen molar-refractivity contribution in [2.75, 3.05) is 0 Å². The molecule has 3 atom stereocenters. The highest BCUT2D eigenvalue weighted by Crippen LogP contribution is 2.32. The van der Waals surface area contributed by atoms with Crippen LogP contribution in [0.4, 0.5) is 0 Å². The average Bonchev–Trinajstić information content (AvgIpc) is 2.24. The van der Waals surface area contributed by atoms with Crippen molar-refractivity contribution >= 4 is 0 Å². The Morgan fingerprint density at radius 3 is 2.62 bits per heavy atom. The Hall–Kier alpha value is -0.300. The van der Waals surface area contributed by atoms with E-state index < -0.39 is 0 Å². The minimum Gasteiger partial charge on any atom is -0.375 e. The first-order chi connectivity index (χ1) is 7.65. The summed E-state index contributed by atoms with van der Waals surface area (Å²) in [5, 5.41) is 0. The molecule has 0 aliphatic carbocycles. The lowest BCUT2D eigenvalue weighted by atomic mass is 9.84. The van der Waals surface area contributed by atoms with E-state index in [-0.39, 0.29) is 0 Å². The zero-order valence-electron chi connectivity index (χ0n) is 11.3. The van der Waals surface area contributed by atoms with Crippen LogP contribution in [0.25, 0.3) is 0 Å². The Bertz CT molecular complexity index is 209. The average molecular weight is 224 g/mol. The van der Waals surface area contributed by atoms with E-state index in [1.807, 2.05) is 0 Å². The molecule has 0 aromatic rings. The van der Waals surface area contributed by atoms with Crippen LogP contribution in [0, 0.1) is 5.92 Å². The second kappa shape index (κ2) is 7.11. The maximum Gasteiger partial charge on any atom is 0.0643 e. The molecule has 3 unspecified atom stereocenters. The Labute approximate surface area is 101 Å². The summed E-state index contributed by atoms with van der Waals surface area (Å²) in [6, 6.07) is 0. The summed E-state index contributed by atoms with van der Waals surface area (Å²) in [7, 11) is 0. The van der Waals surface area contributed by atoms with E-state index in [1.165, 1.54) is 50.5 Å². The monoisotopic (exact) mass is 224 g/mol. The summed E-state index contributed by atoms with van der Waals surface area (Å²) in [6.07, 6.45) is 9.93. The highest BCUT2D eigenvalue weighted by Gasteiger charge is 2.29. The van der Waals surface area contributed by atoms with Gasteiger partial charge in [-0.2, -0.15) is 0 Å². The van der Waals surface area contributed by atoms with Crippen LogP contribution in [0.2, 0.25) is 0 Å². The van der Waals surface area contributed by atoms with Crippen molar-refractivity contribution in [3.63, 3.8) is 0 Å². The second-order valence-corrected chi connectivity index (χ2v) is 5.36. The predicted octanol–water partition coefficient (Wildman–Crippen LogP) is 4.72. The van der Waals surface area contributed by atoms with Crippen LogP contribution in [-0.2, 0) is 4.74 Å². The quantitative estimate of drug-likeness (QED) is 0.468. The molecule has 0 bridgehead atoms. The Morgan fingerprint density at radius 2 is 2.00 bits per heavy atom. The van der Waals surface area contributed by atoms with Gasteiger partial charge in [0.15, 0.2) is 0 Å². The minimum absolute atomic E-state index is 0.443. The first kappa shape index (κ1) is 13.8. The van der Waals surface area contributed by atoms with Gasteiger partial charge in [-0.1, -0.05) is 44.8 Å². The van der Waals surface area contributed by atoms with Crippen LogP contribution in [0.15, 0.2) is 12.2 Å². The van der Waals surface area contributed by atoms with Crippen LogP contribution in [0.1, 0.15) is 65.7 Å². The van der Waals surface area contributed by atoms with Crippen molar-refractivity contribution in [3.05, 3.63) is 12.2 Å². The number of rotatable bonds is 6. The molecule has 1 rings (SSSR count).